The maximum absolute atomic E-state index is 3.40. The summed E-state index contributed by atoms with van der Waals surface area (Å²) in [5, 5.41) is 3.40. The van der Waals surface area contributed by atoms with Crippen LogP contribution in [0, 0.1) is 17.8 Å². The molecular formula is C16H32N2. The summed E-state index contributed by atoms with van der Waals surface area (Å²) in [6, 6.07) is 0.723. The van der Waals surface area contributed by atoms with Gasteiger partial charge in [-0.05, 0) is 76.9 Å². The smallest absolute Gasteiger partial charge is 0.00619 e. The molecule has 0 aromatic heterocycles. The third-order valence-electron chi connectivity index (χ3n) is 5.42. The molecule has 1 N–H and O–H groups in total. The van der Waals surface area contributed by atoms with E-state index in [0.717, 1.165) is 23.8 Å². The Morgan fingerprint density at radius 3 is 2.67 bits per heavy atom. The molecule has 2 saturated carbocycles. The first-order valence-corrected chi connectivity index (χ1v) is 8.08. The highest BCUT2D eigenvalue weighted by Crippen LogP contribution is 2.48. The highest BCUT2D eigenvalue weighted by atomic mass is 15.1. The fraction of sp³-hybridized carbons (Fsp3) is 1.00. The summed E-state index contributed by atoms with van der Waals surface area (Å²) in [6.07, 6.45) is 10.1. The lowest BCUT2D eigenvalue weighted by atomic mass is 9.88. The average molecular weight is 252 g/mol. The Balaban J connectivity index is 1.59. The van der Waals surface area contributed by atoms with E-state index in [1.807, 2.05) is 0 Å². The molecular weight excluding hydrogens is 220 g/mol. The largest absolute Gasteiger partial charge is 0.317 e. The van der Waals surface area contributed by atoms with Crippen molar-refractivity contribution < 1.29 is 0 Å². The zero-order valence-corrected chi connectivity index (χ0v) is 12.6. The molecule has 2 nitrogen and oxygen atoms in total. The normalized spacial score (nSPS) is 32.3. The van der Waals surface area contributed by atoms with Crippen LogP contribution in [0.2, 0.25) is 0 Å². The quantitative estimate of drug-likeness (QED) is 0.714. The van der Waals surface area contributed by atoms with E-state index in [4.69, 9.17) is 0 Å². The van der Waals surface area contributed by atoms with Crippen LogP contribution in [-0.2, 0) is 0 Å². The minimum Gasteiger partial charge on any atom is -0.317 e. The van der Waals surface area contributed by atoms with E-state index in [2.05, 4.69) is 31.2 Å². The lowest BCUT2D eigenvalue weighted by molar-refractivity contribution is 0.215. The van der Waals surface area contributed by atoms with Crippen molar-refractivity contribution >= 4 is 0 Å². The Labute approximate surface area is 114 Å². The van der Waals surface area contributed by atoms with Crippen molar-refractivity contribution in [3.63, 3.8) is 0 Å². The second-order valence-electron chi connectivity index (χ2n) is 6.73. The van der Waals surface area contributed by atoms with E-state index in [-0.39, 0.29) is 0 Å². The van der Waals surface area contributed by atoms with Gasteiger partial charge in [0.1, 0.15) is 0 Å². The van der Waals surface area contributed by atoms with Crippen LogP contribution < -0.4 is 5.32 Å². The number of rotatable bonds is 8. The third kappa shape index (κ3) is 3.71. The van der Waals surface area contributed by atoms with Crippen LogP contribution in [0.4, 0.5) is 0 Å². The van der Waals surface area contributed by atoms with Gasteiger partial charge in [0.2, 0.25) is 0 Å². The Morgan fingerprint density at radius 1 is 1.28 bits per heavy atom. The molecule has 2 fully saturated rings. The number of nitrogens with zero attached hydrogens (tertiary/aromatic N) is 1. The minimum absolute atomic E-state index is 0.723. The molecule has 2 aliphatic rings. The summed E-state index contributed by atoms with van der Waals surface area (Å²) in [6.45, 7) is 4.92. The summed E-state index contributed by atoms with van der Waals surface area (Å²) >= 11 is 0. The van der Waals surface area contributed by atoms with Gasteiger partial charge in [0.25, 0.3) is 0 Å². The molecule has 0 radical (unpaired) electrons. The molecule has 18 heavy (non-hydrogen) atoms. The Bertz CT molecular complexity index is 237. The predicted molar refractivity (Wildman–Crippen MR) is 78.8 cm³/mol. The van der Waals surface area contributed by atoms with Crippen molar-refractivity contribution in [2.75, 3.05) is 27.2 Å². The highest BCUT2D eigenvalue weighted by Gasteiger charge is 2.39. The number of nitrogens with one attached hydrogen (secondary N) is 1. The summed E-state index contributed by atoms with van der Waals surface area (Å²) in [5.41, 5.74) is 0. The molecule has 2 rings (SSSR count). The molecule has 106 valence electrons. The summed E-state index contributed by atoms with van der Waals surface area (Å²) < 4.78 is 0. The van der Waals surface area contributed by atoms with Gasteiger partial charge in [-0.25, -0.2) is 0 Å². The van der Waals surface area contributed by atoms with Crippen molar-refractivity contribution in [1.29, 1.82) is 0 Å². The van der Waals surface area contributed by atoms with E-state index in [1.165, 1.54) is 51.6 Å². The maximum atomic E-state index is 3.40. The van der Waals surface area contributed by atoms with Gasteiger partial charge in [0.05, 0.1) is 0 Å². The van der Waals surface area contributed by atoms with Crippen LogP contribution in [0.1, 0.15) is 51.9 Å². The topological polar surface area (TPSA) is 15.3 Å². The van der Waals surface area contributed by atoms with Gasteiger partial charge in [-0.3, -0.25) is 0 Å². The van der Waals surface area contributed by atoms with Crippen molar-refractivity contribution in [3.8, 4) is 0 Å². The van der Waals surface area contributed by atoms with Gasteiger partial charge in [0.15, 0.2) is 0 Å². The molecule has 4 atom stereocenters. The summed E-state index contributed by atoms with van der Waals surface area (Å²) in [4.78, 5) is 2.59. The van der Waals surface area contributed by atoms with E-state index in [9.17, 15) is 0 Å². The zero-order chi connectivity index (χ0) is 13.0. The number of fused-ring (bicyclic) bond motifs is 2. The molecule has 2 aliphatic carbocycles. The van der Waals surface area contributed by atoms with Crippen LogP contribution in [0.3, 0.4) is 0 Å². The van der Waals surface area contributed by atoms with E-state index in [0.29, 0.717) is 0 Å². The lowest BCUT2D eigenvalue weighted by Gasteiger charge is -2.27. The molecule has 2 bridgehead atoms. The first-order valence-electron chi connectivity index (χ1n) is 8.08. The van der Waals surface area contributed by atoms with Crippen molar-refractivity contribution in [3.05, 3.63) is 0 Å². The standard InChI is InChI=1S/C16H32N2/c1-4-16(17-2)6-5-9-18(3)12-15-11-13-7-8-14(15)10-13/h13-17H,4-12H2,1-3H3. The first-order chi connectivity index (χ1) is 8.72. The predicted octanol–water partition coefficient (Wildman–Crippen LogP) is 3.13. The van der Waals surface area contributed by atoms with Crippen molar-refractivity contribution in [2.24, 2.45) is 17.8 Å². The van der Waals surface area contributed by atoms with Gasteiger partial charge in [-0.2, -0.15) is 0 Å². The van der Waals surface area contributed by atoms with Gasteiger partial charge in [-0.15, -0.1) is 0 Å². The molecule has 0 amide bonds. The fourth-order valence-electron chi connectivity index (χ4n) is 4.25. The summed E-state index contributed by atoms with van der Waals surface area (Å²) in [5.74, 6) is 3.21. The molecule has 0 saturated heterocycles. The van der Waals surface area contributed by atoms with E-state index >= 15 is 0 Å². The number of hydrogen-bond donors (Lipinski definition) is 1. The van der Waals surface area contributed by atoms with Gasteiger partial charge < -0.3 is 10.2 Å². The minimum atomic E-state index is 0.723. The molecule has 4 unspecified atom stereocenters. The van der Waals surface area contributed by atoms with Gasteiger partial charge in [-0.1, -0.05) is 13.3 Å². The second kappa shape index (κ2) is 6.91. The van der Waals surface area contributed by atoms with Crippen molar-refractivity contribution in [2.45, 2.75) is 57.9 Å². The van der Waals surface area contributed by atoms with Gasteiger partial charge >= 0.3 is 0 Å². The van der Waals surface area contributed by atoms with Crippen molar-refractivity contribution in [1.82, 2.24) is 10.2 Å². The maximum Gasteiger partial charge on any atom is 0.00619 e. The SMILES string of the molecule is CCC(CCCN(C)CC1CC2CCC1C2)NC. The zero-order valence-electron chi connectivity index (χ0n) is 12.6. The Kier molecular flexibility index (Phi) is 5.50. The monoisotopic (exact) mass is 252 g/mol. The van der Waals surface area contributed by atoms with Crippen LogP contribution in [0.5, 0.6) is 0 Å². The van der Waals surface area contributed by atoms with Crippen LogP contribution >= 0.6 is 0 Å². The van der Waals surface area contributed by atoms with Crippen LogP contribution in [-0.4, -0.2) is 38.1 Å². The molecule has 0 heterocycles. The summed E-state index contributed by atoms with van der Waals surface area (Å²) in [7, 11) is 4.42. The molecule has 0 aromatic rings. The molecule has 0 aliphatic heterocycles. The fourth-order valence-corrected chi connectivity index (χ4v) is 4.25. The van der Waals surface area contributed by atoms with Gasteiger partial charge in [0, 0.05) is 12.6 Å². The lowest BCUT2D eigenvalue weighted by Crippen LogP contribution is -2.31. The van der Waals surface area contributed by atoms with Crippen LogP contribution in [0.15, 0.2) is 0 Å². The van der Waals surface area contributed by atoms with E-state index < -0.39 is 0 Å². The number of hydrogen-bond acceptors (Lipinski definition) is 2. The molecule has 0 aromatic carbocycles. The first kappa shape index (κ1) is 14.3. The van der Waals surface area contributed by atoms with Crippen LogP contribution in [0.25, 0.3) is 0 Å². The van der Waals surface area contributed by atoms with E-state index in [1.54, 1.807) is 6.42 Å². The average Bonchev–Trinajstić information content (AvgIpc) is 2.97. The third-order valence-corrected chi connectivity index (χ3v) is 5.42. The Hall–Kier alpha value is -0.0800. The Morgan fingerprint density at radius 2 is 2.11 bits per heavy atom. The molecule has 2 heteroatoms. The second-order valence-corrected chi connectivity index (χ2v) is 6.73. The highest BCUT2D eigenvalue weighted by molar-refractivity contribution is 4.90. The molecule has 0 spiro atoms.